The van der Waals surface area contributed by atoms with Gasteiger partial charge in [0.1, 0.15) is 0 Å². The maximum Gasteiger partial charge on any atom is 0.0234 e. The minimum atomic E-state index is 0.422. The summed E-state index contributed by atoms with van der Waals surface area (Å²) in [5, 5.41) is 0. The average molecular weight is 483 g/mol. The van der Waals surface area contributed by atoms with E-state index in [0.29, 0.717) is 17.3 Å². The molecular weight excluding hydrogens is 444 g/mol. The summed E-state index contributed by atoms with van der Waals surface area (Å²) in [6.07, 6.45) is 2.63. The first kappa shape index (κ1) is 24.4. The van der Waals surface area contributed by atoms with Gasteiger partial charge in [0, 0.05) is 48.2 Å². The number of fused-ring (bicyclic) bond motifs is 2. The van der Waals surface area contributed by atoms with Crippen LogP contribution in [0.5, 0.6) is 0 Å². The Morgan fingerprint density at radius 1 is 0.771 bits per heavy atom. The average Bonchev–Trinajstić information content (AvgIpc) is 3.49. The largest absolute Gasteiger partial charge is 0.303 e. The van der Waals surface area contributed by atoms with E-state index in [1.165, 1.54) is 67.3 Å². The molecule has 3 heterocycles. The van der Waals surface area contributed by atoms with Crippen molar-refractivity contribution in [2.45, 2.75) is 35.6 Å². The highest BCUT2D eigenvalue weighted by molar-refractivity contribution is 7.99. The molecular formula is C32H38N2S. The molecule has 0 bridgehead atoms. The highest BCUT2D eigenvalue weighted by atomic mass is 32.2. The third-order valence-corrected chi connectivity index (χ3v) is 9.63. The van der Waals surface area contributed by atoms with Crippen molar-refractivity contribution < 1.29 is 0 Å². The second kappa shape index (κ2) is 11.2. The van der Waals surface area contributed by atoms with Gasteiger partial charge in [-0.3, -0.25) is 4.90 Å². The zero-order valence-electron chi connectivity index (χ0n) is 20.8. The van der Waals surface area contributed by atoms with Crippen molar-refractivity contribution in [2.75, 3.05) is 38.5 Å². The van der Waals surface area contributed by atoms with Gasteiger partial charge >= 0.3 is 0 Å². The molecule has 3 heteroatoms. The van der Waals surface area contributed by atoms with Gasteiger partial charge in [0.25, 0.3) is 0 Å². The molecule has 3 aromatic rings. The SMILES string of the molecule is C=C.c1ccc(CN2CC(c3ccccc3)[C@@H](CN3CCC4(CC3)CSc3ccccc34)C2)cc1. The van der Waals surface area contributed by atoms with Gasteiger partial charge in [-0.05, 0) is 54.6 Å². The van der Waals surface area contributed by atoms with Crippen LogP contribution in [0.2, 0.25) is 0 Å². The minimum Gasteiger partial charge on any atom is -0.303 e. The van der Waals surface area contributed by atoms with E-state index in [9.17, 15) is 0 Å². The van der Waals surface area contributed by atoms with Crippen LogP contribution in [0, 0.1) is 5.92 Å². The lowest BCUT2D eigenvalue weighted by Crippen LogP contribution is -2.45. The molecule has 0 aliphatic carbocycles. The molecule has 0 radical (unpaired) electrons. The molecule has 2 fully saturated rings. The Morgan fingerprint density at radius 3 is 2.17 bits per heavy atom. The summed E-state index contributed by atoms with van der Waals surface area (Å²) in [6, 6.07) is 31.4. The zero-order valence-corrected chi connectivity index (χ0v) is 21.6. The Hall–Kier alpha value is -2.33. The second-order valence-corrected chi connectivity index (χ2v) is 11.3. The Labute approximate surface area is 216 Å². The van der Waals surface area contributed by atoms with Crippen LogP contribution in [0.1, 0.15) is 35.4 Å². The van der Waals surface area contributed by atoms with Crippen LogP contribution in [0.3, 0.4) is 0 Å². The number of rotatable bonds is 5. The number of benzene rings is 3. The maximum atomic E-state index is 3.00. The monoisotopic (exact) mass is 482 g/mol. The fourth-order valence-corrected chi connectivity index (χ4v) is 7.92. The van der Waals surface area contributed by atoms with Crippen molar-refractivity contribution in [3.8, 4) is 0 Å². The molecule has 0 amide bonds. The van der Waals surface area contributed by atoms with Gasteiger partial charge in [-0.1, -0.05) is 78.9 Å². The molecule has 0 N–H and O–H groups in total. The molecule has 3 aliphatic heterocycles. The van der Waals surface area contributed by atoms with Crippen LogP contribution in [-0.2, 0) is 12.0 Å². The molecule has 35 heavy (non-hydrogen) atoms. The number of piperidine rings is 1. The Bertz CT molecular complexity index is 1070. The van der Waals surface area contributed by atoms with E-state index in [1.54, 1.807) is 5.56 Å². The molecule has 182 valence electrons. The normalized spacial score (nSPS) is 23.5. The molecule has 2 saturated heterocycles. The van der Waals surface area contributed by atoms with Crippen LogP contribution < -0.4 is 0 Å². The van der Waals surface area contributed by atoms with E-state index in [2.05, 4.69) is 120 Å². The number of likely N-dealkylation sites (tertiary alicyclic amines) is 2. The third kappa shape index (κ3) is 5.28. The van der Waals surface area contributed by atoms with Gasteiger partial charge < -0.3 is 4.90 Å². The third-order valence-electron chi connectivity index (χ3n) is 8.26. The first-order valence-electron chi connectivity index (χ1n) is 13.0. The fourth-order valence-electron chi connectivity index (χ4n) is 6.43. The molecule has 1 unspecified atom stereocenters. The number of thioether (sulfide) groups is 1. The summed E-state index contributed by atoms with van der Waals surface area (Å²) in [4.78, 5) is 7.00. The van der Waals surface area contributed by atoms with Gasteiger partial charge in [0.15, 0.2) is 0 Å². The first-order chi connectivity index (χ1) is 17.3. The quantitative estimate of drug-likeness (QED) is 0.368. The summed E-state index contributed by atoms with van der Waals surface area (Å²) < 4.78 is 0. The van der Waals surface area contributed by atoms with Crippen molar-refractivity contribution in [2.24, 2.45) is 5.92 Å². The van der Waals surface area contributed by atoms with Gasteiger partial charge in [-0.15, -0.1) is 24.9 Å². The van der Waals surface area contributed by atoms with Crippen molar-refractivity contribution in [3.63, 3.8) is 0 Å². The lowest BCUT2D eigenvalue weighted by atomic mass is 9.74. The van der Waals surface area contributed by atoms with Crippen LogP contribution in [0.15, 0.2) is 103 Å². The van der Waals surface area contributed by atoms with Gasteiger partial charge in [-0.25, -0.2) is 0 Å². The summed E-state index contributed by atoms with van der Waals surface area (Å²) in [6.45, 7) is 13.2. The summed E-state index contributed by atoms with van der Waals surface area (Å²) >= 11 is 2.08. The maximum absolute atomic E-state index is 3.00. The lowest BCUT2D eigenvalue weighted by Gasteiger charge is -2.41. The van der Waals surface area contributed by atoms with E-state index < -0.39 is 0 Å². The molecule has 2 atom stereocenters. The van der Waals surface area contributed by atoms with Gasteiger partial charge in [0.05, 0.1) is 0 Å². The predicted octanol–water partition coefficient (Wildman–Crippen LogP) is 6.84. The summed E-state index contributed by atoms with van der Waals surface area (Å²) in [5.74, 6) is 2.62. The fraction of sp³-hybridized carbons (Fsp3) is 0.375. The van der Waals surface area contributed by atoms with E-state index >= 15 is 0 Å². The highest BCUT2D eigenvalue weighted by Crippen LogP contribution is 2.49. The topological polar surface area (TPSA) is 6.48 Å². The van der Waals surface area contributed by atoms with Crippen LogP contribution >= 0.6 is 11.8 Å². The van der Waals surface area contributed by atoms with Crippen molar-refractivity contribution in [1.29, 1.82) is 0 Å². The van der Waals surface area contributed by atoms with E-state index in [4.69, 9.17) is 0 Å². The lowest BCUT2D eigenvalue weighted by molar-refractivity contribution is 0.146. The predicted molar refractivity (Wildman–Crippen MR) is 150 cm³/mol. The van der Waals surface area contributed by atoms with Crippen LogP contribution in [0.4, 0.5) is 0 Å². The molecule has 1 spiro atoms. The molecule has 0 saturated carbocycles. The second-order valence-electron chi connectivity index (χ2n) is 10.3. The Morgan fingerprint density at radius 2 is 1.43 bits per heavy atom. The van der Waals surface area contributed by atoms with E-state index in [-0.39, 0.29) is 0 Å². The zero-order chi connectivity index (χ0) is 24.1. The highest BCUT2D eigenvalue weighted by Gasteiger charge is 2.42. The van der Waals surface area contributed by atoms with Gasteiger partial charge in [-0.2, -0.15) is 0 Å². The first-order valence-corrected chi connectivity index (χ1v) is 14.0. The van der Waals surface area contributed by atoms with E-state index in [0.717, 1.165) is 6.54 Å². The van der Waals surface area contributed by atoms with Crippen LogP contribution in [-0.4, -0.2) is 48.3 Å². The Kier molecular flexibility index (Phi) is 7.77. The molecule has 2 nitrogen and oxygen atoms in total. The summed E-state index contributed by atoms with van der Waals surface area (Å²) in [5.41, 5.74) is 5.01. The van der Waals surface area contributed by atoms with Crippen molar-refractivity contribution in [1.82, 2.24) is 9.80 Å². The standard InChI is InChI=1S/C30H34N2S.C2H4/c1-3-9-24(10-4-1)19-32-21-26(27(22-32)25-11-5-2-6-12-25)20-31-17-15-30(16-18-31)23-33-29-14-8-7-13-28(29)30;1-2/h1-14,26-27H,15-23H2;1-2H2/t26-,27?;/m0./s1. The van der Waals surface area contributed by atoms with Crippen molar-refractivity contribution in [3.05, 3.63) is 115 Å². The van der Waals surface area contributed by atoms with Crippen LogP contribution in [0.25, 0.3) is 0 Å². The van der Waals surface area contributed by atoms with E-state index in [1.807, 2.05) is 0 Å². The number of hydrogen-bond donors (Lipinski definition) is 0. The Balaban J connectivity index is 0.00000124. The molecule has 3 aliphatic rings. The number of nitrogens with zero attached hydrogens (tertiary/aromatic N) is 2. The minimum absolute atomic E-state index is 0.422. The van der Waals surface area contributed by atoms with Crippen molar-refractivity contribution >= 4 is 11.8 Å². The summed E-state index contributed by atoms with van der Waals surface area (Å²) in [7, 11) is 0. The molecule has 6 rings (SSSR count). The molecule has 3 aromatic carbocycles. The smallest absolute Gasteiger partial charge is 0.0234 e. The molecule has 0 aromatic heterocycles. The van der Waals surface area contributed by atoms with Gasteiger partial charge in [0.2, 0.25) is 0 Å². The number of hydrogen-bond acceptors (Lipinski definition) is 3.